The molecule has 1 fully saturated rings. The van der Waals surface area contributed by atoms with Crippen LogP contribution >= 0.6 is 0 Å². The zero-order chi connectivity index (χ0) is 13.0. The molecule has 0 unspecified atom stereocenters. The van der Waals surface area contributed by atoms with Crippen LogP contribution < -0.4 is 10.5 Å². The lowest BCUT2D eigenvalue weighted by molar-refractivity contribution is -0.138. The maximum Gasteiger partial charge on any atom is 0.229 e. The summed E-state index contributed by atoms with van der Waals surface area (Å²) in [5, 5.41) is 0. The van der Waals surface area contributed by atoms with E-state index in [0.29, 0.717) is 43.9 Å². The maximum absolute atomic E-state index is 11.3. The summed E-state index contributed by atoms with van der Waals surface area (Å²) in [7, 11) is 0. The van der Waals surface area contributed by atoms with E-state index in [1.165, 1.54) is 4.90 Å². The first kappa shape index (κ1) is 12.4. The number of nitrogens with zero attached hydrogens (tertiary/aromatic N) is 1. The van der Waals surface area contributed by atoms with Crippen LogP contribution in [-0.2, 0) is 9.59 Å². The summed E-state index contributed by atoms with van der Waals surface area (Å²) in [4.78, 5) is 24.0. The van der Waals surface area contributed by atoms with Crippen molar-refractivity contribution in [1.82, 2.24) is 4.90 Å². The summed E-state index contributed by atoms with van der Waals surface area (Å²) in [5.41, 5.74) is 6.27. The van der Waals surface area contributed by atoms with Gasteiger partial charge in [0.05, 0.1) is 6.61 Å². The lowest BCUT2D eigenvalue weighted by Crippen LogP contribution is -2.30. The molecule has 2 N–H and O–H groups in total. The second-order valence-electron chi connectivity index (χ2n) is 4.21. The number of anilines is 1. The second-order valence-corrected chi connectivity index (χ2v) is 4.21. The van der Waals surface area contributed by atoms with Crippen molar-refractivity contribution < 1.29 is 14.3 Å². The van der Waals surface area contributed by atoms with Crippen LogP contribution in [-0.4, -0.2) is 29.9 Å². The normalized spacial score (nSPS) is 15.2. The molecular formula is C13H16N2O3. The molecular weight excluding hydrogens is 232 g/mol. The molecule has 5 heteroatoms. The third kappa shape index (κ3) is 3.00. The third-order valence-corrected chi connectivity index (χ3v) is 2.81. The Bertz CT molecular complexity index is 443. The molecule has 0 saturated carbocycles. The fourth-order valence-corrected chi connectivity index (χ4v) is 1.89. The van der Waals surface area contributed by atoms with Gasteiger partial charge in [-0.25, -0.2) is 0 Å². The van der Waals surface area contributed by atoms with Gasteiger partial charge in [-0.3, -0.25) is 14.5 Å². The topological polar surface area (TPSA) is 72.6 Å². The molecule has 2 amide bonds. The smallest absolute Gasteiger partial charge is 0.229 e. The first-order chi connectivity index (χ1) is 8.66. The Kier molecular flexibility index (Phi) is 3.82. The van der Waals surface area contributed by atoms with Crippen molar-refractivity contribution in [3.05, 3.63) is 24.3 Å². The Morgan fingerprint density at radius 1 is 1.22 bits per heavy atom. The Hall–Kier alpha value is -2.04. The summed E-state index contributed by atoms with van der Waals surface area (Å²) in [5.74, 6) is 0.544. The number of carbonyl (C=O) groups excluding carboxylic acids is 2. The Morgan fingerprint density at radius 2 is 1.94 bits per heavy atom. The highest BCUT2D eigenvalue weighted by molar-refractivity contribution is 6.01. The molecule has 0 spiro atoms. The number of carbonyl (C=O) groups is 2. The number of nitrogens with two attached hydrogens (primary N) is 1. The van der Waals surface area contributed by atoms with Gasteiger partial charge >= 0.3 is 0 Å². The second kappa shape index (κ2) is 5.53. The van der Waals surface area contributed by atoms with Crippen LogP contribution in [0.25, 0.3) is 0 Å². The third-order valence-electron chi connectivity index (χ3n) is 2.81. The average Bonchev–Trinajstić information content (AvgIpc) is 2.66. The van der Waals surface area contributed by atoms with Crippen LogP contribution in [0.3, 0.4) is 0 Å². The van der Waals surface area contributed by atoms with Gasteiger partial charge in [0, 0.05) is 31.1 Å². The molecule has 0 bridgehead atoms. The van der Waals surface area contributed by atoms with Crippen LogP contribution in [0.15, 0.2) is 24.3 Å². The van der Waals surface area contributed by atoms with Gasteiger partial charge in [0.2, 0.25) is 11.8 Å². The predicted molar refractivity (Wildman–Crippen MR) is 66.9 cm³/mol. The monoisotopic (exact) mass is 248 g/mol. The quantitative estimate of drug-likeness (QED) is 0.482. The van der Waals surface area contributed by atoms with E-state index in [4.69, 9.17) is 10.5 Å². The van der Waals surface area contributed by atoms with E-state index in [9.17, 15) is 9.59 Å². The van der Waals surface area contributed by atoms with E-state index < -0.39 is 0 Å². The van der Waals surface area contributed by atoms with Gasteiger partial charge in [-0.05, 0) is 18.6 Å². The van der Waals surface area contributed by atoms with E-state index >= 15 is 0 Å². The van der Waals surface area contributed by atoms with Crippen LogP contribution in [0.4, 0.5) is 5.69 Å². The van der Waals surface area contributed by atoms with Crippen molar-refractivity contribution in [2.45, 2.75) is 19.3 Å². The largest absolute Gasteiger partial charge is 0.493 e. The number of rotatable bonds is 5. The molecule has 1 aliphatic rings. The van der Waals surface area contributed by atoms with E-state index in [1.807, 2.05) is 12.1 Å². The summed E-state index contributed by atoms with van der Waals surface area (Å²) in [6, 6.07) is 7.17. The van der Waals surface area contributed by atoms with Crippen LogP contribution in [0.2, 0.25) is 0 Å². The zero-order valence-electron chi connectivity index (χ0n) is 10.1. The summed E-state index contributed by atoms with van der Waals surface area (Å²) in [6.07, 6.45) is 1.32. The molecule has 5 nitrogen and oxygen atoms in total. The number of imide groups is 1. The standard InChI is InChI=1S/C13H16N2O3/c14-10-3-1-4-11(9-10)18-8-2-7-15-12(16)5-6-13(15)17/h1,3-4,9H,2,5-8,14H2. The molecule has 1 saturated heterocycles. The predicted octanol–water partition coefficient (Wildman–Crippen LogP) is 1.19. The SMILES string of the molecule is Nc1cccc(OCCCN2C(=O)CCC2=O)c1. The van der Waals surface area contributed by atoms with Crippen molar-refractivity contribution in [3.8, 4) is 5.75 Å². The van der Waals surface area contributed by atoms with E-state index in [0.717, 1.165) is 0 Å². The van der Waals surface area contributed by atoms with Crippen molar-refractivity contribution in [3.63, 3.8) is 0 Å². The Labute approximate surface area is 106 Å². The molecule has 2 rings (SSSR count). The Balaban J connectivity index is 1.73. The van der Waals surface area contributed by atoms with E-state index in [-0.39, 0.29) is 11.8 Å². The minimum Gasteiger partial charge on any atom is -0.493 e. The molecule has 1 aromatic carbocycles. The van der Waals surface area contributed by atoms with Crippen molar-refractivity contribution >= 4 is 17.5 Å². The first-order valence-corrected chi connectivity index (χ1v) is 5.98. The van der Waals surface area contributed by atoms with Crippen LogP contribution in [0, 0.1) is 0 Å². The molecule has 0 aromatic heterocycles. The molecule has 18 heavy (non-hydrogen) atoms. The number of hydrogen-bond donors (Lipinski definition) is 1. The van der Waals surface area contributed by atoms with Gasteiger partial charge in [0.1, 0.15) is 5.75 Å². The highest BCUT2D eigenvalue weighted by Gasteiger charge is 2.27. The zero-order valence-corrected chi connectivity index (χ0v) is 10.1. The van der Waals surface area contributed by atoms with Gasteiger partial charge in [-0.1, -0.05) is 6.07 Å². The average molecular weight is 248 g/mol. The fourth-order valence-electron chi connectivity index (χ4n) is 1.89. The lowest BCUT2D eigenvalue weighted by Gasteiger charge is -2.13. The van der Waals surface area contributed by atoms with Gasteiger partial charge in [-0.15, -0.1) is 0 Å². The van der Waals surface area contributed by atoms with Gasteiger partial charge in [0.25, 0.3) is 0 Å². The molecule has 0 aliphatic carbocycles. The number of hydrogen-bond acceptors (Lipinski definition) is 4. The molecule has 96 valence electrons. The lowest BCUT2D eigenvalue weighted by atomic mass is 10.3. The number of nitrogen functional groups attached to an aromatic ring is 1. The maximum atomic E-state index is 11.3. The fraction of sp³-hybridized carbons (Fsp3) is 0.385. The van der Waals surface area contributed by atoms with Crippen molar-refractivity contribution in [2.75, 3.05) is 18.9 Å². The number of likely N-dealkylation sites (tertiary alicyclic amines) is 1. The first-order valence-electron chi connectivity index (χ1n) is 5.98. The molecule has 1 aromatic rings. The number of amides is 2. The highest BCUT2D eigenvalue weighted by atomic mass is 16.5. The van der Waals surface area contributed by atoms with E-state index in [2.05, 4.69) is 0 Å². The van der Waals surface area contributed by atoms with Crippen molar-refractivity contribution in [2.24, 2.45) is 0 Å². The summed E-state index contributed by atoms with van der Waals surface area (Å²) < 4.78 is 5.49. The van der Waals surface area contributed by atoms with Gasteiger partial charge in [-0.2, -0.15) is 0 Å². The van der Waals surface area contributed by atoms with Crippen LogP contribution in [0.5, 0.6) is 5.75 Å². The van der Waals surface area contributed by atoms with Crippen LogP contribution in [0.1, 0.15) is 19.3 Å². The molecule has 0 radical (unpaired) electrons. The number of benzene rings is 1. The minimum atomic E-state index is -0.0797. The molecule has 1 heterocycles. The summed E-state index contributed by atoms with van der Waals surface area (Å²) >= 11 is 0. The number of ether oxygens (including phenoxy) is 1. The Morgan fingerprint density at radius 3 is 2.61 bits per heavy atom. The molecule has 0 atom stereocenters. The highest BCUT2D eigenvalue weighted by Crippen LogP contribution is 2.15. The minimum absolute atomic E-state index is 0.0797. The van der Waals surface area contributed by atoms with Crippen molar-refractivity contribution in [1.29, 1.82) is 0 Å². The van der Waals surface area contributed by atoms with E-state index in [1.54, 1.807) is 12.1 Å². The van der Waals surface area contributed by atoms with Gasteiger partial charge in [0.15, 0.2) is 0 Å². The van der Waals surface area contributed by atoms with Gasteiger partial charge < -0.3 is 10.5 Å². The molecule has 1 aliphatic heterocycles. The summed E-state index contributed by atoms with van der Waals surface area (Å²) in [6.45, 7) is 0.889.